The fourth-order valence-corrected chi connectivity index (χ4v) is 2.83. The Morgan fingerprint density at radius 3 is 2.64 bits per heavy atom. The van der Waals surface area contributed by atoms with Crippen LogP contribution in [0.3, 0.4) is 0 Å². The maximum Gasteiger partial charge on any atom is 0.0680 e. The average Bonchev–Trinajstić information content (AvgIpc) is 2.83. The van der Waals surface area contributed by atoms with E-state index in [0.717, 1.165) is 17.8 Å². The normalized spacial score (nSPS) is 14.1. The Balaban J connectivity index is 2.27. The van der Waals surface area contributed by atoms with Gasteiger partial charge in [0.1, 0.15) is 0 Å². The van der Waals surface area contributed by atoms with Gasteiger partial charge in [0.2, 0.25) is 0 Å². The zero-order valence-electron chi connectivity index (χ0n) is 14.2. The second-order valence-corrected chi connectivity index (χ2v) is 6.19. The van der Waals surface area contributed by atoms with E-state index in [2.05, 4.69) is 63.2 Å². The molecule has 0 saturated heterocycles. The van der Waals surface area contributed by atoms with Crippen LogP contribution in [0.2, 0.25) is 0 Å². The number of aryl methyl sites for hydroxylation is 2. The quantitative estimate of drug-likeness (QED) is 0.861. The molecular formula is C18H27N3O. The lowest BCUT2D eigenvalue weighted by Crippen LogP contribution is -2.29. The summed E-state index contributed by atoms with van der Waals surface area (Å²) in [6.07, 6.45) is 2.70. The second kappa shape index (κ2) is 7.07. The Hall–Kier alpha value is -1.65. The Bertz CT molecular complexity index is 633. The van der Waals surface area contributed by atoms with Crippen molar-refractivity contribution >= 4 is 0 Å². The Kier molecular flexibility index (Phi) is 5.37. The van der Waals surface area contributed by atoms with Crippen molar-refractivity contribution in [3.8, 4) is 5.69 Å². The fraction of sp³-hybridized carbons (Fsp3) is 0.500. The Morgan fingerprint density at radius 1 is 1.23 bits per heavy atom. The number of nitrogens with zero attached hydrogens (tertiary/aromatic N) is 2. The first kappa shape index (κ1) is 16.7. The van der Waals surface area contributed by atoms with Crippen molar-refractivity contribution < 1.29 is 5.11 Å². The molecule has 1 heterocycles. The van der Waals surface area contributed by atoms with Gasteiger partial charge in [0.25, 0.3) is 0 Å². The van der Waals surface area contributed by atoms with E-state index in [1.807, 2.05) is 10.9 Å². The molecule has 1 unspecified atom stereocenters. The first-order valence-electron chi connectivity index (χ1n) is 7.93. The molecular weight excluding hydrogens is 274 g/mol. The molecule has 0 spiro atoms. The van der Waals surface area contributed by atoms with Crippen molar-refractivity contribution in [3.05, 3.63) is 46.8 Å². The predicted octanol–water partition coefficient (Wildman–Crippen LogP) is 3.22. The van der Waals surface area contributed by atoms with Crippen molar-refractivity contribution in [2.75, 3.05) is 6.61 Å². The molecule has 2 N–H and O–H groups in total. The molecule has 2 atom stereocenters. The molecule has 0 radical (unpaired) electrons. The first-order chi connectivity index (χ1) is 10.4. The molecule has 0 aliphatic rings. The molecule has 4 heteroatoms. The molecule has 1 aromatic heterocycles. The van der Waals surface area contributed by atoms with Gasteiger partial charge in [-0.15, -0.1) is 0 Å². The highest BCUT2D eigenvalue weighted by Crippen LogP contribution is 2.23. The van der Waals surface area contributed by atoms with Crippen LogP contribution in [0.15, 0.2) is 24.4 Å². The summed E-state index contributed by atoms with van der Waals surface area (Å²) in [5.74, 6) is 0. The molecule has 0 amide bonds. The lowest BCUT2D eigenvalue weighted by atomic mass is 10.1. The van der Waals surface area contributed by atoms with Crippen molar-refractivity contribution in [1.82, 2.24) is 15.1 Å². The highest BCUT2D eigenvalue weighted by molar-refractivity contribution is 5.44. The van der Waals surface area contributed by atoms with Gasteiger partial charge < -0.3 is 10.4 Å². The smallest absolute Gasteiger partial charge is 0.0680 e. The summed E-state index contributed by atoms with van der Waals surface area (Å²) in [7, 11) is 0. The fourth-order valence-electron chi connectivity index (χ4n) is 2.83. The Morgan fingerprint density at radius 2 is 1.95 bits per heavy atom. The molecule has 0 saturated carbocycles. The minimum absolute atomic E-state index is 0.209. The van der Waals surface area contributed by atoms with Crippen LogP contribution >= 0.6 is 0 Å². The summed E-state index contributed by atoms with van der Waals surface area (Å²) in [5, 5.41) is 17.1. The summed E-state index contributed by atoms with van der Waals surface area (Å²) in [4.78, 5) is 0. The summed E-state index contributed by atoms with van der Waals surface area (Å²) >= 11 is 0. The van der Waals surface area contributed by atoms with E-state index in [1.165, 1.54) is 16.7 Å². The first-order valence-corrected chi connectivity index (χ1v) is 7.93. The number of hydrogen-bond donors (Lipinski definition) is 2. The van der Waals surface area contributed by atoms with E-state index in [0.29, 0.717) is 0 Å². The van der Waals surface area contributed by atoms with Crippen LogP contribution < -0.4 is 5.32 Å². The van der Waals surface area contributed by atoms with Gasteiger partial charge >= 0.3 is 0 Å². The summed E-state index contributed by atoms with van der Waals surface area (Å²) in [6, 6.07) is 6.92. The second-order valence-electron chi connectivity index (χ2n) is 6.19. The molecule has 0 fully saturated rings. The number of hydrogen-bond acceptors (Lipinski definition) is 3. The van der Waals surface area contributed by atoms with Crippen LogP contribution in [0.1, 0.15) is 48.7 Å². The van der Waals surface area contributed by atoms with E-state index in [4.69, 9.17) is 5.11 Å². The van der Waals surface area contributed by atoms with Crippen molar-refractivity contribution in [2.45, 2.75) is 53.1 Å². The van der Waals surface area contributed by atoms with Gasteiger partial charge in [-0.25, -0.2) is 4.68 Å². The maximum atomic E-state index is 9.03. The lowest BCUT2D eigenvalue weighted by Gasteiger charge is -2.19. The number of aliphatic hydroxyl groups is 1. The standard InChI is InChI=1S/C18H27N3O/c1-12-6-7-13(2)18(10-12)21-16(5)17(11-19-21)15(4)20-14(3)8-9-22/h6-7,10-11,14-15,20,22H,8-9H2,1-5H3/t14-,15?/m1/s1. The van der Waals surface area contributed by atoms with Gasteiger partial charge in [-0.3, -0.25) is 0 Å². The van der Waals surface area contributed by atoms with Crippen LogP contribution in [0.5, 0.6) is 0 Å². The third-order valence-corrected chi connectivity index (χ3v) is 4.20. The van der Waals surface area contributed by atoms with E-state index < -0.39 is 0 Å². The number of benzene rings is 1. The monoisotopic (exact) mass is 301 g/mol. The minimum Gasteiger partial charge on any atom is -0.396 e. The van der Waals surface area contributed by atoms with Gasteiger partial charge in [0, 0.05) is 29.9 Å². The molecule has 0 aliphatic carbocycles. The molecule has 1 aromatic carbocycles. The van der Waals surface area contributed by atoms with Crippen LogP contribution in [-0.4, -0.2) is 27.5 Å². The predicted molar refractivity (Wildman–Crippen MR) is 90.5 cm³/mol. The van der Waals surface area contributed by atoms with Crippen molar-refractivity contribution in [1.29, 1.82) is 0 Å². The summed E-state index contributed by atoms with van der Waals surface area (Å²) in [5.41, 5.74) is 5.95. The van der Waals surface area contributed by atoms with E-state index in [1.54, 1.807) is 0 Å². The lowest BCUT2D eigenvalue weighted by molar-refractivity contribution is 0.264. The third-order valence-electron chi connectivity index (χ3n) is 4.20. The molecule has 0 aliphatic heterocycles. The van der Waals surface area contributed by atoms with E-state index in [-0.39, 0.29) is 18.7 Å². The number of nitrogens with one attached hydrogen (secondary N) is 1. The van der Waals surface area contributed by atoms with Gasteiger partial charge in [0.05, 0.1) is 11.9 Å². The minimum atomic E-state index is 0.209. The van der Waals surface area contributed by atoms with Crippen molar-refractivity contribution in [2.24, 2.45) is 0 Å². The largest absolute Gasteiger partial charge is 0.396 e. The highest BCUT2D eigenvalue weighted by Gasteiger charge is 2.16. The molecule has 2 rings (SSSR count). The van der Waals surface area contributed by atoms with Crippen molar-refractivity contribution in [3.63, 3.8) is 0 Å². The SMILES string of the molecule is Cc1ccc(C)c(-n2ncc(C(C)N[C@H](C)CCO)c2C)c1. The van der Waals surface area contributed by atoms with E-state index >= 15 is 0 Å². The number of aromatic nitrogens is 2. The van der Waals surface area contributed by atoms with E-state index in [9.17, 15) is 0 Å². The molecule has 120 valence electrons. The van der Waals surface area contributed by atoms with Crippen LogP contribution in [0.4, 0.5) is 0 Å². The van der Waals surface area contributed by atoms with Crippen LogP contribution in [0, 0.1) is 20.8 Å². The number of aliphatic hydroxyl groups excluding tert-OH is 1. The maximum absolute atomic E-state index is 9.03. The van der Waals surface area contributed by atoms with Gasteiger partial charge in [-0.1, -0.05) is 12.1 Å². The van der Waals surface area contributed by atoms with Crippen LogP contribution in [-0.2, 0) is 0 Å². The molecule has 0 bridgehead atoms. The zero-order chi connectivity index (χ0) is 16.3. The zero-order valence-corrected chi connectivity index (χ0v) is 14.2. The summed E-state index contributed by atoms with van der Waals surface area (Å²) in [6.45, 7) is 10.8. The van der Waals surface area contributed by atoms with Crippen LogP contribution in [0.25, 0.3) is 5.69 Å². The van der Waals surface area contributed by atoms with Gasteiger partial charge in [-0.2, -0.15) is 5.10 Å². The van der Waals surface area contributed by atoms with Gasteiger partial charge in [-0.05, 0) is 58.2 Å². The molecule has 2 aromatic rings. The molecule has 4 nitrogen and oxygen atoms in total. The third kappa shape index (κ3) is 3.57. The Labute approximate surface area is 133 Å². The average molecular weight is 301 g/mol. The topological polar surface area (TPSA) is 50.1 Å². The summed E-state index contributed by atoms with van der Waals surface area (Å²) < 4.78 is 2.02. The molecule has 22 heavy (non-hydrogen) atoms. The highest BCUT2D eigenvalue weighted by atomic mass is 16.3. The van der Waals surface area contributed by atoms with Gasteiger partial charge in [0.15, 0.2) is 0 Å². The number of rotatable bonds is 6.